The third kappa shape index (κ3) is 3.58. The molecule has 0 radical (unpaired) electrons. The van der Waals surface area contributed by atoms with Gasteiger partial charge in [-0.1, -0.05) is 17.7 Å². The zero-order valence-corrected chi connectivity index (χ0v) is 11.4. The molecule has 1 N–H and O–H groups in total. The highest BCUT2D eigenvalue weighted by Crippen LogP contribution is 2.27. The second-order valence-corrected chi connectivity index (χ2v) is 4.33. The summed E-state index contributed by atoms with van der Waals surface area (Å²) in [4.78, 5) is 14.5. The van der Waals surface area contributed by atoms with Crippen molar-refractivity contribution in [3.05, 3.63) is 51.5 Å². The van der Waals surface area contributed by atoms with E-state index >= 15 is 0 Å². The molecule has 0 saturated heterocycles. The van der Waals surface area contributed by atoms with Gasteiger partial charge >= 0.3 is 0 Å². The lowest BCUT2D eigenvalue weighted by molar-refractivity contribution is -0.384. The molecule has 7 heteroatoms. The molecule has 0 amide bonds. The van der Waals surface area contributed by atoms with Crippen LogP contribution in [0.2, 0.25) is 5.02 Å². The van der Waals surface area contributed by atoms with Gasteiger partial charge in [-0.3, -0.25) is 10.1 Å². The highest BCUT2D eigenvalue weighted by atomic mass is 35.5. The predicted octanol–water partition coefficient (Wildman–Crippen LogP) is 3.87. The summed E-state index contributed by atoms with van der Waals surface area (Å²) in [6, 6.07) is 9.35. The Balaban J connectivity index is 2.32. The van der Waals surface area contributed by atoms with Crippen molar-refractivity contribution in [1.29, 1.82) is 0 Å². The van der Waals surface area contributed by atoms with Crippen LogP contribution in [0.3, 0.4) is 0 Å². The number of ether oxygens (including phenoxy) is 1. The van der Waals surface area contributed by atoms with Crippen LogP contribution in [0.25, 0.3) is 0 Å². The van der Waals surface area contributed by atoms with Crippen molar-refractivity contribution in [1.82, 2.24) is 4.98 Å². The fourth-order valence-corrected chi connectivity index (χ4v) is 1.75. The third-order valence-corrected chi connectivity index (χ3v) is 2.61. The van der Waals surface area contributed by atoms with Crippen LogP contribution in [-0.2, 0) is 0 Å². The number of nitrogens with zero attached hydrogens (tertiary/aromatic N) is 2. The second kappa shape index (κ2) is 6.21. The maximum atomic E-state index is 10.9. The van der Waals surface area contributed by atoms with Crippen LogP contribution in [0.5, 0.6) is 11.6 Å². The van der Waals surface area contributed by atoms with Gasteiger partial charge in [0.25, 0.3) is 5.69 Å². The topological polar surface area (TPSA) is 77.3 Å². The molecule has 0 saturated carbocycles. The molecule has 0 bridgehead atoms. The summed E-state index contributed by atoms with van der Waals surface area (Å²) in [5.41, 5.74) is -0.0898. The molecule has 2 aromatic rings. The van der Waals surface area contributed by atoms with Crippen LogP contribution in [-0.4, -0.2) is 16.5 Å². The minimum atomic E-state index is -0.493. The van der Waals surface area contributed by atoms with E-state index < -0.39 is 4.92 Å². The van der Waals surface area contributed by atoms with Crippen molar-refractivity contribution in [3.8, 4) is 11.6 Å². The lowest BCUT2D eigenvalue weighted by atomic mass is 10.3. The van der Waals surface area contributed by atoms with E-state index in [0.29, 0.717) is 23.1 Å². The first kappa shape index (κ1) is 14.1. The second-order valence-electron chi connectivity index (χ2n) is 3.90. The van der Waals surface area contributed by atoms with Crippen molar-refractivity contribution in [3.63, 3.8) is 0 Å². The van der Waals surface area contributed by atoms with Crippen LogP contribution in [0.4, 0.5) is 11.5 Å². The highest BCUT2D eigenvalue weighted by molar-refractivity contribution is 6.30. The molecule has 0 spiro atoms. The number of hydrogen-bond donors (Lipinski definition) is 1. The summed E-state index contributed by atoms with van der Waals surface area (Å²) >= 11 is 5.85. The fraction of sp³-hybridized carbons (Fsp3) is 0.154. The maximum Gasteiger partial charge on any atom is 0.278 e. The van der Waals surface area contributed by atoms with E-state index in [1.807, 2.05) is 6.92 Å². The van der Waals surface area contributed by atoms with E-state index in [9.17, 15) is 10.1 Å². The average molecular weight is 294 g/mol. The maximum absolute atomic E-state index is 10.9. The van der Waals surface area contributed by atoms with E-state index in [1.54, 1.807) is 24.3 Å². The molecule has 20 heavy (non-hydrogen) atoms. The van der Waals surface area contributed by atoms with Crippen LogP contribution in [0.1, 0.15) is 6.92 Å². The Morgan fingerprint density at radius 2 is 2.20 bits per heavy atom. The number of nitrogens with one attached hydrogen (secondary N) is 1. The van der Waals surface area contributed by atoms with E-state index in [-0.39, 0.29) is 11.6 Å². The van der Waals surface area contributed by atoms with Gasteiger partial charge in [-0.2, -0.15) is 4.98 Å². The molecule has 0 aliphatic carbocycles. The van der Waals surface area contributed by atoms with E-state index in [2.05, 4.69) is 10.3 Å². The highest BCUT2D eigenvalue weighted by Gasteiger charge is 2.12. The van der Waals surface area contributed by atoms with Gasteiger partial charge in [-0.05, 0) is 25.1 Å². The smallest absolute Gasteiger partial charge is 0.278 e. The molecular formula is C13H12ClN3O3. The van der Waals surface area contributed by atoms with Gasteiger partial charge in [0, 0.05) is 11.6 Å². The molecule has 6 nitrogen and oxygen atoms in total. The molecule has 1 aromatic carbocycles. The monoisotopic (exact) mass is 293 g/mol. The number of aromatic nitrogens is 1. The Labute approximate surface area is 120 Å². The number of pyridine rings is 1. The summed E-state index contributed by atoms with van der Waals surface area (Å²) in [6.45, 7) is 2.47. The zero-order chi connectivity index (χ0) is 14.5. The van der Waals surface area contributed by atoms with Crippen molar-refractivity contribution >= 4 is 23.1 Å². The normalized spacial score (nSPS) is 10.1. The molecule has 0 atom stereocenters. The molecule has 2 rings (SSSR count). The van der Waals surface area contributed by atoms with Crippen LogP contribution < -0.4 is 10.1 Å². The number of hydrogen-bond acceptors (Lipinski definition) is 5. The van der Waals surface area contributed by atoms with E-state index in [0.717, 1.165) is 0 Å². The first-order valence-corrected chi connectivity index (χ1v) is 6.30. The first-order valence-electron chi connectivity index (χ1n) is 5.92. The zero-order valence-electron chi connectivity index (χ0n) is 10.7. The largest absolute Gasteiger partial charge is 0.439 e. The first-order chi connectivity index (χ1) is 9.58. The van der Waals surface area contributed by atoms with Gasteiger partial charge < -0.3 is 10.1 Å². The predicted molar refractivity (Wildman–Crippen MR) is 76.6 cm³/mol. The Bertz CT molecular complexity index is 634. The number of nitro groups is 1. The van der Waals surface area contributed by atoms with Gasteiger partial charge in [-0.25, -0.2) is 0 Å². The SMILES string of the molecule is CCNc1cc([N+](=O)[O-])cc(Oc2cccc(Cl)c2)n1. The van der Waals surface area contributed by atoms with Gasteiger partial charge in [0.15, 0.2) is 0 Å². The summed E-state index contributed by atoms with van der Waals surface area (Å²) in [5, 5.41) is 14.3. The molecule has 0 aliphatic rings. The molecule has 104 valence electrons. The molecule has 0 aliphatic heterocycles. The Morgan fingerprint density at radius 3 is 2.85 bits per heavy atom. The Hall–Kier alpha value is -2.34. The Kier molecular flexibility index (Phi) is 4.37. The summed E-state index contributed by atoms with van der Waals surface area (Å²) in [5.74, 6) is 0.990. The number of halogens is 1. The molecule has 0 fully saturated rings. The molecule has 0 unspecified atom stereocenters. The van der Waals surface area contributed by atoms with Crippen LogP contribution in [0, 0.1) is 10.1 Å². The van der Waals surface area contributed by atoms with Crippen molar-refractivity contribution in [2.45, 2.75) is 6.92 Å². The van der Waals surface area contributed by atoms with Gasteiger partial charge in [0.2, 0.25) is 5.88 Å². The standard InChI is InChI=1S/C13H12ClN3O3/c1-2-15-12-7-10(17(18)19)8-13(16-12)20-11-5-3-4-9(14)6-11/h3-8H,2H2,1H3,(H,15,16). The van der Waals surface area contributed by atoms with Crippen molar-refractivity contribution < 1.29 is 9.66 Å². The molecule has 1 aromatic heterocycles. The number of anilines is 1. The third-order valence-electron chi connectivity index (χ3n) is 2.37. The minimum absolute atomic E-state index is 0.0898. The van der Waals surface area contributed by atoms with Crippen molar-refractivity contribution in [2.75, 3.05) is 11.9 Å². The quantitative estimate of drug-likeness (QED) is 0.669. The van der Waals surface area contributed by atoms with Crippen LogP contribution >= 0.6 is 11.6 Å². The molecular weight excluding hydrogens is 282 g/mol. The lowest BCUT2D eigenvalue weighted by Crippen LogP contribution is -2.01. The van der Waals surface area contributed by atoms with Gasteiger partial charge in [0.1, 0.15) is 11.6 Å². The van der Waals surface area contributed by atoms with Crippen molar-refractivity contribution in [2.24, 2.45) is 0 Å². The Morgan fingerprint density at radius 1 is 1.40 bits per heavy atom. The lowest BCUT2D eigenvalue weighted by Gasteiger charge is -2.08. The van der Waals surface area contributed by atoms with E-state index in [4.69, 9.17) is 16.3 Å². The van der Waals surface area contributed by atoms with Crippen LogP contribution in [0.15, 0.2) is 36.4 Å². The summed E-state index contributed by atoms with van der Waals surface area (Å²) in [6.07, 6.45) is 0. The summed E-state index contributed by atoms with van der Waals surface area (Å²) in [7, 11) is 0. The number of rotatable bonds is 5. The molecule has 1 heterocycles. The average Bonchev–Trinajstić information content (AvgIpc) is 2.38. The van der Waals surface area contributed by atoms with Gasteiger partial charge in [-0.15, -0.1) is 0 Å². The van der Waals surface area contributed by atoms with E-state index in [1.165, 1.54) is 12.1 Å². The fourth-order valence-electron chi connectivity index (χ4n) is 1.57. The van der Waals surface area contributed by atoms with Gasteiger partial charge in [0.05, 0.1) is 17.1 Å². The summed E-state index contributed by atoms with van der Waals surface area (Å²) < 4.78 is 5.50. The number of benzene rings is 1. The minimum Gasteiger partial charge on any atom is -0.439 e.